The van der Waals surface area contributed by atoms with E-state index in [0.717, 1.165) is 5.56 Å². The fraction of sp³-hybridized carbons (Fsp3) is 0.650. The zero-order valence-corrected chi connectivity index (χ0v) is 15.2. The van der Waals surface area contributed by atoms with Crippen molar-refractivity contribution in [3.8, 4) is 11.5 Å². The summed E-state index contributed by atoms with van der Waals surface area (Å²) in [5.74, 6) is -0.732. The lowest BCUT2D eigenvalue weighted by molar-refractivity contribution is -0.192. The van der Waals surface area contributed by atoms with Gasteiger partial charge in [-0.2, -0.15) is 0 Å². The minimum Gasteiger partial charge on any atom is -0.504 e. The summed E-state index contributed by atoms with van der Waals surface area (Å²) >= 11 is 0. The lowest BCUT2D eigenvalue weighted by Crippen LogP contribution is -2.62. The van der Waals surface area contributed by atoms with E-state index in [9.17, 15) is 20.1 Å². The molecule has 0 aromatic heterocycles. The van der Waals surface area contributed by atoms with Gasteiger partial charge in [-0.15, -0.1) is 0 Å². The maximum absolute atomic E-state index is 13.0. The molecule has 0 amide bonds. The van der Waals surface area contributed by atoms with E-state index >= 15 is 0 Å². The van der Waals surface area contributed by atoms with E-state index in [1.165, 1.54) is 0 Å². The van der Waals surface area contributed by atoms with Gasteiger partial charge in [-0.3, -0.25) is 4.79 Å². The molecule has 2 heterocycles. The molecule has 1 aromatic carbocycles. The van der Waals surface area contributed by atoms with Crippen molar-refractivity contribution in [2.45, 2.75) is 70.5 Å². The number of phenols is 2. The number of aromatic hydroxyl groups is 2. The zero-order chi connectivity index (χ0) is 18.3. The third-order valence-electron chi connectivity index (χ3n) is 6.67. The molecule has 0 radical (unpaired) electrons. The molecule has 1 saturated carbocycles. The summed E-state index contributed by atoms with van der Waals surface area (Å²) in [7, 11) is 0. The predicted octanol–water partition coefficient (Wildman–Crippen LogP) is 3.26. The Balaban J connectivity index is 2.03. The number of fused-ring (bicyclic) bond motifs is 1. The first kappa shape index (κ1) is 16.7. The Kier molecular flexibility index (Phi) is 3.28. The molecule has 25 heavy (non-hydrogen) atoms. The van der Waals surface area contributed by atoms with Gasteiger partial charge >= 0.3 is 5.97 Å². The predicted molar refractivity (Wildman–Crippen MR) is 91.5 cm³/mol. The van der Waals surface area contributed by atoms with E-state index in [4.69, 9.17) is 4.74 Å². The van der Waals surface area contributed by atoms with Crippen LogP contribution in [0.15, 0.2) is 6.07 Å². The molecule has 2 fully saturated rings. The average molecular weight is 346 g/mol. The number of rotatable bonds is 1. The number of aliphatic hydroxyl groups excluding tert-OH is 1. The van der Waals surface area contributed by atoms with Crippen molar-refractivity contribution in [1.29, 1.82) is 0 Å². The first-order valence-corrected chi connectivity index (χ1v) is 9.08. The van der Waals surface area contributed by atoms with E-state index < -0.39 is 17.6 Å². The smallest absolute Gasteiger partial charge is 0.317 e. The number of carbonyl (C=O) groups excluding carboxylic acids is 1. The third kappa shape index (κ3) is 1.96. The monoisotopic (exact) mass is 346 g/mol. The first-order valence-electron chi connectivity index (χ1n) is 9.08. The molecular formula is C20H26O5. The van der Waals surface area contributed by atoms with E-state index in [2.05, 4.69) is 13.8 Å². The molecule has 0 unspecified atom stereocenters. The maximum atomic E-state index is 13.0. The van der Waals surface area contributed by atoms with Crippen molar-refractivity contribution in [3.05, 3.63) is 22.8 Å². The van der Waals surface area contributed by atoms with Gasteiger partial charge in [0.15, 0.2) is 11.5 Å². The van der Waals surface area contributed by atoms with Gasteiger partial charge in [-0.25, -0.2) is 0 Å². The number of aliphatic hydroxyl groups is 1. The standard InChI is InChI=1S/C20H26O5/c1-9(2)11-5-12-13-6-14-19(3,4)7-10(21)8-20(14,18(24)25-13)15(12)17(23)16(11)22/h5,9-10,13-14,21-23H,6-8H2,1-4H3/t10-,13-,14-,20+/m0/s1. The van der Waals surface area contributed by atoms with Gasteiger partial charge in [0.05, 0.1) is 6.10 Å². The van der Waals surface area contributed by atoms with Gasteiger partial charge in [-0.05, 0) is 42.6 Å². The van der Waals surface area contributed by atoms with E-state index in [1.54, 1.807) is 0 Å². The molecule has 1 saturated heterocycles. The van der Waals surface area contributed by atoms with Crippen LogP contribution in [0.2, 0.25) is 0 Å². The molecule has 4 atom stereocenters. The van der Waals surface area contributed by atoms with E-state index in [0.29, 0.717) is 24.0 Å². The third-order valence-corrected chi connectivity index (χ3v) is 6.67. The minimum atomic E-state index is -1.08. The molecule has 5 nitrogen and oxygen atoms in total. The largest absolute Gasteiger partial charge is 0.504 e. The van der Waals surface area contributed by atoms with Crippen molar-refractivity contribution in [2.24, 2.45) is 11.3 Å². The molecule has 2 aliphatic heterocycles. The highest BCUT2D eigenvalue weighted by atomic mass is 16.5. The fourth-order valence-corrected chi connectivity index (χ4v) is 5.68. The molecule has 1 aromatic rings. The van der Waals surface area contributed by atoms with Crippen LogP contribution in [-0.4, -0.2) is 27.4 Å². The Morgan fingerprint density at radius 2 is 1.88 bits per heavy atom. The first-order chi connectivity index (χ1) is 11.6. The summed E-state index contributed by atoms with van der Waals surface area (Å²) in [6.07, 6.45) is 0.500. The van der Waals surface area contributed by atoms with Gasteiger partial charge < -0.3 is 20.1 Å². The number of phenolic OH excluding ortho intramolecular Hbond substituents is 2. The van der Waals surface area contributed by atoms with Gasteiger partial charge in [0.25, 0.3) is 0 Å². The lowest BCUT2D eigenvalue weighted by Gasteiger charge is -2.59. The van der Waals surface area contributed by atoms with Crippen LogP contribution in [0.1, 0.15) is 75.7 Å². The van der Waals surface area contributed by atoms with Crippen molar-refractivity contribution in [1.82, 2.24) is 0 Å². The molecular weight excluding hydrogens is 320 g/mol. The number of esters is 1. The van der Waals surface area contributed by atoms with Gasteiger partial charge in [-0.1, -0.05) is 27.7 Å². The van der Waals surface area contributed by atoms with Crippen LogP contribution in [0.4, 0.5) is 0 Å². The summed E-state index contributed by atoms with van der Waals surface area (Å²) in [5, 5.41) is 31.9. The molecule has 2 aliphatic carbocycles. The average Bonchev–Trinajstić information content (AvgIpc) is 2.49. The van der Waals surface area contributed by atoms with E-state index in [1.807, 2.05) is 19.9 Å². The Morgan fingerprint density at radius 3 is 2.52 bits per heavy atom. The number of ether oxygens (including phenoxy) is 1. The second kappa shape index (κ2) is 4.91. The highest BCUT2D eigenvalue weighted by Gasteiger charge is 2.66. The van der Waals surface area contributed by atoms with Crippen molar-refractivity contribution < 1.29 is 24.9 Å². The van der Waals surface area contributed by atoms with Crippen molar-refractivity contribution >= 4 is 5.97 Å². The number of benzene rings is 1. The van der Waals surface area contributed by atoms with Crippen LogP contribution < -0.4 is 0 Å². The van der Waals surface area contributed by atoms with Gasteiger partial charge in [0.2, 0.25) is 0 Å². The van der Waals surface area contributed by atoms with Gasteiger partial charge in [0, 0.05) is 16.7 Å². The molecule has 3 N–H and O–H groups in total. The van der Waals surface area contributed by atoms with Crippen LogP contribution in [0.5, 0.6) is 11.5 Å². The molecule has 136 valence electrons. The summed E-state index contributed by atoms with van der Waals surface area (Å²) in [4.78, 5) is 13.0. The Bertz CT molecular complexity index is 766. The molecule has 2 bridgehead atoms. The Morgan fingerprint density at radius 1 is 1.20 bits per heavy atom. The van der Waals surface area contributed by atoms with Crippen LogP contribution in [0.25, 0.3) is 0 Å². The van der Waals surface area contributed by atoms with Crippen LogP contribution in [0.3, 0.4) is 0 Å². The van der Waals surface area contributed by atoms with E-state index in [-0.39, 0.29) is 41.1 Å². The summed E-state index contributed by atoms with van der Waals surface area (Å²) in [6, 6.07) is 1.87. The molecule has 5 rings (SSSR count). The quantitative estimate of drug-likeness (QED) is 0.537. The molecule has 5 heteroatoms. The zero-order valence-electron chi connectivity index (χ0n) is 15.2. The number of hydrogen-bond acceptors (Lipinski definition) is 5. The summed E-state index contributed by atoms with van der Waals surface area (Å²) < 4.78 is 5.70. The van der Waals surface area contributed by atoms with Crippen molar-refractivity contribution in [2.75, 3.05) is 0 Å². The maximum Gasteiger partial charge on any atom is 0.317 e. The SMILES string of the molecule is CC(C)c1cc2c(c(O)c1O)[C@@]13C[C@@H](O)CC(C)(C)[C@@H]1C[C@@H]2OC3=O. The topological polar surface area (TPSA) is 87.0 Å². The highest BCUT2D eigenvalue weighted by Crippen LogP contribution is 2.66. The van der Waals surface area contributed by atoms with Crippen LogP contribution >= 0.6 is 0 Å². The second-order valence-corrected chi connectivity index (χ2v) is 8.99. The Hall–Kier alpha value is -1.75. The molecule has 4 aliphatic rings. The lowest BCUT2D eigenvalue weighted by atomic mass is 9.47. The number of hydrogen-bond donors (Lipinski definition) is 3. The van der Waals surface area contributed by atoms with Crippen molar-refractivity contribution in [3.63, 3.8) is 0 Å². The summed E-state index contributed by atoms with van der Waals surface area (Å²) in [6.45, 7) is 8.02. The Labute approximate surface area is 147 Å². The molecule has 1 spiro atoms. The van der Waals surface area contributed by atoms with Crippen LogP contribution in [-0.2, 0) is 14.9 Å². The minimum absolute atomic E-state index is 0.0302. The van der Waals surface area contributed by atoms with Gasteiger partial charge in [0.1, 0.15) is 11.5 Å². The highest BCUT2D eigenvalue weighted by molar-refractivity contribution is 5.90. The summed E-state index contributed by atoms with van der Waals surface area (Å²) in [5.41, 5.74) is 0.593. The fourth-order valence-electron chi connectivity index (χ4n) is 5.68. The van der Waals surface area contributed by atoms with Crippen LogP contribution in [0, 0.1) is 11.3 Å². The number of carbonyl (C=O) groups is 1. The second-order valence-electron chi connectivity index (χ2n) is 8.99. The normalized spacial score (nSPS) is 35.3.